The molecule has 0 N–H and O–H groups in total. The van der Waals surface area contributed by atoms with Gasteiger partial charge in [0.1, 0.15) is 17.6 Å². The molecule has 0 aliphatic rings. The fraction of sp³-hybridized carbons (Fsp3) is 0. The van der Waals surface area contributed by atoms with Crippen molar-refractivity contribution in [3.05, 3.63) is 61.6 Å². The Morgan fingerprint density at radius 3 is 2.65 bits per heavy atom. The van der Waals surface area contributed by atoms with Gasteiger partial charge in [0.05, 0.1) is 21.0 Å². The summed E-state index contributed by atoms with van der Waals surface area (Å²) < 4.78 is 6.08. The van der Waals surface area contributed by atoms with Crippen LogP contribution in [0.2, 0.25) is 5.02 Å². The van der Waals surface area contributed by atoms with Gasteiger partial charge in [-0.25, -0.2) is 0 Å². The summed E-state index contributed by atoms with van der Waals surface area (Å²) in [5, 5.41) is 20.2. The molecule has 0 aliphatic carbocycles. The summed E-state index contributed by atoms with van der Waals surface area (Å²) in [4.78, 5) is 10.2. The van der Waals surface area contributed by atoms with Gasteiger partial charge in [-0.2, -0.15) is 5.26 Å². The van der Waals surface area contributed by atoms with Crippen LogP contribution in [0.1, 0.15) is 5.56 Å². The van der Waals surface area contributed by atoms with E-state index in [0.29, 0.717) is 9.50 Å². The normalized spacial score (nSPS) is 9.85. The van der Waals surface area contributed by atoms with Gasteiger partial charge in [-0.1, -0.05) is 11.6 Å². The molecule has 5 nitrogen and oxygen atoms in total. The molecular weight excluding hydrogens is 348 g/mol. The highest BCUT2D eigenvalue weighted by Crippen LogP contribution is 2.35. The number of rotatable bonds is 3. The van der Waals surface area contributed by atoms with Crippen molar-refractivity contribution in [2.45, 2.75) is 0 Å². The van der Waals surface area contributed by atoms with Crippen LogP contribution in [0.15, 0.2) is 40.9 Å². The van der Waals surface area contributed by atoms with Crippen molar-refractivity contribution in [2.75, 3.05) is 0 Å². The number of nitriles is 1. The van der Waals surface area contributed by atoms with Gasteiger partial charge >= 0.3 is 0 Å². The van der Waals surface area contributed by atoms with E-state index in [1.54, 1.807) is 6.07 Å². The molecule has 100 valence electrons. The van der Waals surface area contributed by atoms with Gasteiger partial charge in [-0.3, -0.25) is 10.1 Å². The van der Waals surface area contributed by atoms with Crippen LogP contribution in [0.4, 0.5) is 5.69 Å². The van der Waals surface area contributed by atoms with Crippen LogP contribution in [0.25, 0.3) is 0 Å². The Hall–Kier alpha value is -2.10. The summed E-state index contributed by atoms with van der Waals surface area (Å²) in [5.74, 6) is 0.471. The maximum Gasteiger partial charge on any atom is 0.273 e. The molecule has 0 aromatic heterocycles. The predicted octanol–water partition coefficient (Wildman–Crippen LogP) is 4.67. The lowest BCUT2D eigenvalue weighted by Crippen LogP contribution is -1.92. The lowest BCUT2D eigenvalue weighted by Gasteiger charge is -2.09. The van der Waals surface area contributed by atoms with Crippen molar-refractivity contribution in [1.29, 1.82) is 5.26 Å². The molecule has 2 rings (SSSR count). The van der Waals surface area contributed by atoms with Crippen molar-refractivity contribution in [1.82, 2.24) is 0 Å². The quantitative estimate of drug-likeness (QED) is 0.593. The van der Waals surface area contributed by atoms with E-state index in [2.05, 4.69) is 15.9 Å². The second-order valence-electron chi connectivity index (χ2n) is 3.73. The zero-order valence-corrected chi connectivity index (χ0v) is 12.2. The number of hydrogen-bond donors (Lipinski definition) is 0. The molecular formula is C13H6BrClN2O3. The zero-order chi connectivity index (χ0) is 14.7. The summed E-state index contributed by atoms with van der Waals surface area (Å²) in [7, 11) is 0. The molecule has 7 heteroatoms. The lowest BCUT2D eigenvalue weighted by molar-refractivity contribution is -0.384. The Labute approximate surface area is 127 Å². The van der Waals surface area contributed by atoms with Crippen LogP contribution in [-0.4, -0.2) is 4.92 Å². The molecule has 2 aromatic rings. The van der Waals surface area contributed by atoms with Gasteiger partial charge in [0.15, 0.2) is 0 Å². The van der Waals surface area contributed by atoms with E-state index < -0.39 is 4.92 Å². The van der Waals surface area contributed by atoms with Gasteiger partial charge in [0, 0.05) is 17.2 Å². The van der Waals surface area contributed by atoms with Crippen molar-refractivity contribution < 1.29 is 9.66 Å². The van der Waals surface area contributed by atoms with Crippen LogP contribution >= 0.6 is 27.5 Å². The first-order valence-electron chi connectivity index (χ1n) is 5.32. The molecule has 0 unspecified atom stereocenters. The minimum absolute atomic E-state index is 0.108. The van der Waals surface area contributed by atoms with E-state index in [1.807, 2.05) is 6.07 Å². The number of non-ortho nitro benzene ring substituents is 1. The molecule has 0 atom stereocenters. The standard InChI is InChI=1S/C13H6BrClN2O3/c14-11-4-3-10(17(18)19)6-13(11)20-12-5-9(15)2-1-8(12)7-16/h1-6H. The zero-order valence-electron chi connectivity index (χ0n) is 9.84. The van der Waals surface area contributed by atoms with Crippen LogP contribution in [0, 0.1) is 21.4 Å². The Kier molecular flexibility index (Phi) is 4.23. The van der Waals surface area contributed by atoms with Crippen LogP contribution < -0.4 is 4.74 Å². The van der Waals surface area contributed by atoms with Crippen LogP contribution in [0.5, 0.6) is 11.5 Å². The monoisotopic (exact) mass is 352 g/mol. The maximum atomic E-state index is 10.8. The molecule has 0 saturated heterocycles. The SMILES string of the molecule is N#Cc1ccc(Cl)cc1Oc1cc([N+](=O)[O-])ccc1Br. The van der Waals surface area contributed by atoms with E-state index in [9.17, 15) is 10.1 Å². The number of ether oxygens (including phenoxy) is 1. The lowest BCUT2D eigenvalue weighted by atomic mass is 10.2. The predicted molar refractivity (Wildman–Crippen MR) is 77.0 cm³/mol. The summed E-state index contributed by atoms with van der Waals surface area (Å²) >= 11 is 9.09. The molecule has 0 saturated carbocycles. The number of nitrogens with zero attached hydrogens (tertiary/aromatic N) is 2. The van der Waals surface area contributed by atoms with Crippen molar-refractivity contribution in [3.8, 4) is 17.6 Å². The van der Waals surface area contributed by atoms with Crippen molar-refractivity contribution in [2.24, 2.45) is 0 Å². The first-order chi connectivity index (χ1) is 9.51. The second-order valence-corrected chi connectivity index (χ2v) is 5.02. The Morgan fingerprint density at radius 2 is 2.00 bits per heavy atom. The Balaban J connectivity index is 2.44. The summed E-state index contributed by atoms with van der Waals surface area (Å²) in [6, 6.07) is 10.6. The molecule has 0 heterocycles. The maximum absolute atomic E-state index is 10.8. The summed E-state index contributed by atoms with van der Waals surface area (Å²) in [5.41, 5.74) is 0.177. The number of halogens is 2. The molecule has 0 radical (unpaired) electrons. The number of hydrogen-bond acceptors (Lipinski definition) is 4. The van der Waals surface area contributed by atoms with Crippen molar-refractivity contribution >= 4 is 33.2 Å². The third-order valence-electron chi connectivity index (χ3n) is 2.41. The van der Waals surface area contributed by atoms with E-state index in [0.717, 1.165) is 0 Å². The van der Waals surface area contributed by atoms with Crippen LogP contribution in [0.3, 0.4) is 0 Å². The fourth-order valence-electron chi connectivity index (χ4n) is 1.48. The van der Waals surface area contributed by atoms with Crippen LogP contribution in [-0.2, 0) is 0 Å². The van der Waals surface area contributed by atoms with E-state index in [4.69, 9.17) is 21.6 Å². The first-order valence-corrected chi connectivity index (χ1v) is 6.50. The third-order valence-corrected chi connectivity index (χ3v) is 3.30. The second kappa shape index (κ2) is 5.90. The average Bonchev–Trinajstić information content (AvgIpc) is 2.41. The minimum Gasteiger partial charge on any atom is -0.454 e. The Bertz CT molecular complexity index is 728. The molecule has 0 aliphatic heterocycles. The highest BCUT2D eigenvalue weighted by atomic mass is 79.9. The molecule has 0 fully saturated rings. The number of benzene rings is 2. The van der Waals surface area contributed by atoms with Gasteiger partial charge in [0.2, 0.25) is 0 Å². The fourth-order valence-corrected chi connectivity index (χ4v) is 1.96. The Morgan fingerprint density at radius 1 is 1.25 bits per heavy atom. The van der Waals surface area contributed by atoms with E-state index >= 15 is 0 Å². The first kappa shape index (κ1) is 14.3. The largest absolute Gasteiger partial charge is 0.454 e. The van der Waals surface area contributed by atoms with Gasteiger partial charge in [-0.05, 0) is 34.1 Å². The highest BCUT2D eigenvalue weighted by molar-refractivity contribution is 9.10. The summed E-state index contributed by atoms with van der Waals surface area (Å²) in [6.07, 6.45) is 0. The van der Waals surface area contributed by atoms with Crippen molar-refractivity contribution in [3.63, 3.8) is 0 Å². The highest BCUT2D eigenvalue weighted by Gasteiger charge is 2.13. The van der Waals surface area contributed by atoms with Gasteiger partial charge in [-0.15, -0.1) is 0 Å². The molecule has 0 spiro atoms. The van der Waals surface area contributed by atoms with Gasteiger partial charge in [0.25, 0.3) is 5.69 Å². The smallest absolute Gasteiger partial charge is 0.273 e. The van der Waals surface area contributed by atoms with Gasteiger partial charge < -0.3 is 4.74 Å². The molecule has 0 amide bonds. The minimum atomic E-state index is -0.525. The molecule has 2 aromatic carbocycles. The molecule has 20 heavy (non-hydrogen) atoms. The average molecular weight is 354 g/mol. The van der Waals surface area contributed by atoms with E-state index in [1.165, 1.54) is 30.3 Å². The van der Waals surface area contributed by atoms with E-state index in [-0.39, 0.29) is 22.7 Å². The molecule has 0 bridgehead atoms. The topological polar surface area (TPSA) is 76.2 Å². The number of nitro groups is 1. The number of nitro benzene ring substituents is 1. The third kappa shape index (κ3) is 3.07. The summed E-state index contributed by atoms with van der Waals surface area (Å²) in [6.45, 7) is 0.